The number of para-hydroxylation sites is 2. The van der Waals surface area contributed by atoms with Crippen LogP contribution in [0.4, 0.5) is 34.1 Å². The highest BCUT2D eigenvalue weighted by molar-refractivity contribution is 7.33. The van der Waals surface area contributed by atoms with E-state index in [-0.39, 0.29) is 6.71 Å². The fraction of sp³-hybridized carbons (Fsp3) is 0. The van der Waals surface area contributed by atoms with Gasteiger partial charge in [0.05, 0.1) is 5.69 Å². The molecule has 12 rings (SSSR count). The van der Waals surface area contributed by atoms with Gasteiger partial charge in [-0.3, -0.25) is 0 Å². The van der Waals surface area contributed by atoms with Crippen molar-refractivity contribution in [2.75, 3.05) is 9.80 Å². The highest BCUT2D eigenvalue weighted by atomic mass is 32.1. The smallest absolute Gasteiger partial charge is 0.264 e. The van der Waals surface area contributed by atoms with Crippen LogP contribution in [0.5, 0.6) is 0 Å². The number of fused-ring (bicyclic) bond motifs is 12. The number of rotatable bonds is 3. The summed E-state index contributed by atoms with van der Waals surface area (Å²) in [5, 5.41) is 9.06. The maximum absolute atomic E-state index is 2.51. The minimum atomic E-state index is 0.122. The predicted molar refractivity (Wildman–Crippen MR) is 234 cm³/mol. The predicted octanol–water partition coefficient (Wildman–Crippen LogP) is 12.1. The molecule has 0 spiro atoms. The number of benzene rings is 9. The van der Waals surface area contributed by atoms with E-state index in [1.54, 1.807) is 0 Å². The molecular weight excluding hydrogens is 671 g/mol. The minimum absolute atomic E-state index is 0.122. The highest BCUT2D eigenvalue weighted by Crippen LogP contribution is 2.48. The van der Waals surface area contributed by atoms with E-state index in [2.05, 4.69) is 198 Å². The molecule has 0 radical (unpaired) electrons. The number of thiophene rings is 1. The first-order valence-electron chi connectivity index (χ1n) is 18.6. The van der Waals surface area contributed by atoms with Gasteiger partial charge in [0.15, 0.2) is 0 Å². The molecule has 0 N–H and O–H groups in total. The zero-order valence-corrected chi connectivity index (χ0v) is 30.1. The molecule has 0 bridgehead atoms. The standard InChI is InChI=1S/C50H31BN2S/c1-2-16-33(17-3-1)53-45-29-14-28-44-48(45)51(50-49(53)41-23-8-11-30-46(41)54-50)42-26-9-10-27-43(42)52(44)34-18-12-15-32(31-34)35-24-13-25-40-38-20-5-4-19-36(38)37-21-6-7-22-39(37)47(35)40/h1-31H. The molecule has 0 atom stereocenters. The Hall–Kier alpha value is -6.62. The van der Waals surface area contributed by atoms with E-state index >= 15 is 0 Å². The highest BCUT2D eigenvalue weighted by Gasteiger charge is 2.44. The van der Waals surface area contributed by atoms with Gasteiger partial charge in [-0.1, -0.05) is 140 Å². The van der Waals surface area contributed by atoms with Crippen LogP contribution in [0, 0.1) is 0 Å². The van der Waals surface area contributed by atoms with Crippen LogP contribution in [0.1, 0.15) is 0 Å². The van der Waals surface area contributed by atoms with Gasteiger partial charge in [0, 0.05) is 43.3 Å². The van der Waals surface area contributed by atoms with Crippen LogP contribution in [0.2, 0.25) is 0 Å². The molecule has 2 aliphatic heterocycles. The summed E-state index contributed by atoms with van der Waals surface area (Å²) < 4.78 is 2.72. The summed E-state index contributed by atoms with van der Waals surface area (Å²) in [5.74, 6) is 0. The van der Waals surface area contributed by atoms with Gasteiger partial charge in [0.25, 0.3) is 6.71 Å². The van der Waals surface area contributed by atoms with E-state index in [1.807, 2.05) is 11.3 Å². The van der Waals surface area contributed by atoms with Gasteiger partial charge >= 0.3 is 0 Å². The second kappa shape index (κ2) is 11.4. The van der Waals surface area contributed by atoms with Crippen LogP contribution in [0.15, 0.2) is 188 Å². The lowest BCUT2D eigenvalue weighted by Gasteiger charge is -2.43. The maximum atomic E-state index is 2.51. The fourth-order valence-corrected chi connectivity index (χ4v) is 10.8. The number of hydrogen-bond acceptors (Lipinski definition) is 3. The summed E-state index contributed by atoms with van der Waals surface area (Å²) in [5.41, 5.74) is 12.5. The van der Waals surface area contributed by atoms with Gasteiger partial charge in [-0.15, -0.1) is 11.3 Å². The second-order valence-electron chi connectivity index (χ2n) is 14.4. The van der Waals surface area contributed by atoms with Crippen molar-refractivity contribution in [3.05, 3.63) is 188 Å². The lowest BCUT2D eigenvalue weighted by atomic mass is 9.36. The Bertz CT molecular complexity index is 3100. The van der Waals surface area contributed by atoms with E-state index in [1.165, 1.54) is 97.7 Å². The van der Waals surface area contributed by atoms with Crippen molar-refractivity contribution in [3.63, 3.8) is 0 Å². The SMILES string of the molecule is c1ccc(N2c3cccc4c3B(c3ccccc3N4c3cccc(-c4cccc5c6ccccc6c6ccccc6c45)c3)c3sc4ccccc4c32)cc1. The van der Waals surface area contributed by atoms with Crippen molar-refractivity contribution in [2.24, 2.45) is 0 Å². The monoisotopic (exact) mass is 702 g/mol. The average molecular weight is 703 g/mol. The van der Waals surface area contributed by atoms with Crippen LogP contribution >= 0.6 is 11.3 Å². The van der Waals surface area contributed by atoms with Crippen LogP contribution in [-0.4, -0.2) is 6.71 Å². The lowest BCUT2D eigenvalue weighted by molar-refractivity contribution is 1.26. The first kappa shape index (κ1) is 29.9. The third-order valence-electron chi connectivity index (χ3n) is 11.6. The summed E-state index contributed by atoms with van der Waals surface area (Å²) in [6.07, 6.45) is 0. The zero-order chi connectivity index (χ0) is 35.3. The Balaban J connectivity index is 1.11. The summed E-state index contributed by atoms with van der Waals surface area (Å²) in [4.78, 5) is 5.02. The molecule has 2 nitrogen and oxygen atoms in total. The molecule has 2 aliphatic rings. The van der Waals surface area contributed by atoms with Crippen LogP contribution < -0.4 is 25.5 Å². The minimum Gasteiger partial charge on any atom is -0.311 e. The first-order chi connectivity index (χ1) is 26.8. The quantitative estimate of drug-likeness (QED) is 0.134. The number of anilines is 6. The molecule has 0 amide bonds. The molecule has 0 saturated heterocycles. The average Bonchev–Trinajstić information content (AvgIpc) is 3.63. The molecule has 54 heavy (non-hydrogen) atoms. The van der Waals surface area contributed by atoms with Crippen LogP contribution in [0.3, 0.4) is 0 Å². The molecular formula is C50H31BN2S. The normalized spacial score (nSPS) is 13.1. The molecule has 0 unspecified atom stereocenters. The Morgan fingerprint density at radius 1 is 0.407 bits per heavy atom. The van der Waals surface area contributed by atoms with Gasteiger partial charge in [0.1, 0.15) is 0 Å². The largest absolute Gasteiger partial charge is 0.311 e. The number of hydrogen-bond donors (Lipinski definition) is 0. The Morgan fingerprint density at radius 2 is 0.963 bits per heavy atom. The summed E-state index contributed by atoms with van der Waals surface area (Å²) in [7, 11) is 0. The Morgan fingerprint density at radius 3 is 1.76 bits per heavy atom. The van der Waals surface area contributed by atoms with Crippen molar-refractivity contribution in [3.8, 4) is 11.1 Å². The number of nitrogens with zero attached hydrogens (tertiary/aromatic N) is 2. The van der Waals surface area contributed by atoms with Crippen molar-refractivity contribution in [1.82, 2.24) is 0 Å². The summed E-state index contributed by atoms with van der Waals surface area (Å²) >= 11 is 1.94. The van der Waals surface area contributed by atoms with Crippen molar-refractivity contribution >= 4 is 110 Å². The molecule has 1 aromatic heterocycles. The van der Waals surface area contributed by atoms with E-state index in [4.69, 9.17) is 0 Å². The molecule has 4 heteroatoms. The zero-order valence-electron chi connectivity index (χ0n) is 29.3. The van der Waals surface area contributed by atoms with E-state index in [0.717, 1.165) is 5.69 Å². The van der Waals surface area contributed by atoms with Crippen molar-refractivity contribution in [2.45, 2.75) is 0 Å². The Labute approximate surface area is 317 Å². The topological polar surface area (TPSA) is 6.48 Å². The van der Waals surface area contributed by atoms with Crippen molar-refractivity contribution in [1.29, 1.82) is 0 Å². The third-order valence-corrected chi connectivity index (χ3v) is 12.8. The van der Waals surface area contributed by atoms with Gasteiger partial charge in [-0.05, 0) is 103 Å². The molecule has 0 aliphatic carbocycles. The molecule has 10 aromatic rings. The summed E-state index contributed by atoms with van der Waals surface area (Å²) in [6, 6.07) is 69.5. The first-order valence-corrected chi connectivity index (χ1v) is 19.5. The van der Waals surface area contributed by atoms with Gasteiger partial charge < -0.3 is 9.80 Å². The summed E-state index contributed by atoms with van der Waals surface area (Å²) in [6.45, 7) is 0.122. The van der Waals surface area contributed by atoms with Gasteiger partial charge in [0.2, 0.25) is 0 Å². The maximum Gasteiger partial charge on any atom is 0.264 e. The second-order valence-corrected chi connectivity index (χ2v) is 15.5. The van der Waals surface area contributed by atoms with E-state index in [0.29, 0.717) is 0 Å². The van der Waals surface area contributed by atoms with E-state index in [9.17, 15) is 0 Å². The molecule has 9 aromatic carbocycles. The van der Waals surface area contributed by atoms with E-state index < -0.39 is 0 Å². The molecule has 0 fully saturated rings. The molecule has 3 heterocycles. The molecule has 0 saturated carbocycles. The van der Waals surface area contributed by atoms with Crippen LogP contribution in [-0.2, 0) is 0 Å². The van der Waals surface area contributed by atoms with Crippen LogP contribution in [0.25, 0.3) is 53.5 Å². The third kappa shape index (κ3) is 4.12. The van der Waals surface area contributed by atoms with Gasteiger partial charge in [-0.25, -0.2) is 0 Å². The van der Waals surface area contributed by atoms with Crippen molar-refractivity contribution < 1.29 is 0 Å². The Kier molecular flexibility index (Phi) is 6.34. The fourth-order valence-electron chi connectivity index (χ4n) is 9.45. The lowest BCUT2D eigenvalue weighted by Crippen LogP contribution is -2.60. The molecule has 250 valence electrons. The van der Waals surface area contributed by atoms with Gasteiger partial charge in [-0.2, -0.15) is 0 Å².